The molecular weight excluding hydrogens is 386 g/mol. The average molecular weight is 412 g/mol. The van der Waals surface area contributed by atoms with Gasteiger partial charge in [0.2, 0.25) is 0 Å². The van der Waals surface area contributed by atoms with Gasteiger partial charge in [0.1, 0.15) is 23.2 Å². The van der Waals surface area contributed by atoms with Crippen LogP contribution in [0.25, 0.3) is 0 Å². The molecule has 4 rings (SSSR count). The maximum Gasteiger partial charge on any atom is 0.256 e. The second kappa shape index (κ2) is 8.80. The number of benzene rings is 1. The predicted octanol–water partition coefficient (Wildman–Crippen LogP) is 3.97. The number of amides is 1. The Kier molecular flexibility index (Phi) is 5.97. The zero-order valence-electron chi connectivity index (χ0n) is 16.7. The highest BCUT2D eigenvalue weighted by molar-refractivity contribution is 7.07. The maximum atomic E-state index is 12.6. The van der Waals surface area contributed by atoms with Crippen LogP contribution in [-0.4, -0.2) is 35.6 Å². The van der Waals surface area contributed by atoms with E-state index < -0.39 is 0 Å². The third-order valence-electron chi connectivity index (χ3n) is 5.18. The second-order valence-electron chi connectivity index (χ2n) is 7.18. The first-order chi connectivity index (χ1) is 14.2. The van der Waals surface area contributed by atoms with Crippen molar-refractivity contribution in [2.75, 3.05) is 19.6 Å². The Labute approximate surface area is 174 Å². The van der Waals surface area contributed by atoms with Gasteiger partial charge in [0.05, 0.1) is 5.69 Å². The summed E-state index contributed by atoms with van der Waals surface area (Å²) < 4.78 is 11.5. The Hall–Kier alpha value is -2.64. The van der Waals surface area contributed by atoms with Crippen LogP contribution in [0, 0.1) is 6.92 Å². The number of hydrogen-bond donors (Lipinski definition) is 1. The number of rotatable bonds is 6. The van der Waals surface area contributed by atoms with Crippen LogP contribution in [0.15, 0.2) is 45.6 Å². The van der Waals surface area contributed by atoms with E-state index in [1.165, 1.54) is 11.1 Å². The van der Waals surface area contributed by atoms with Crippen LogP contribution in [0.2, 0.25) is 0 Å². The fraction of sp³-hybridized carbons (Fsp3) is 0.364. The summed E-state index contributed by atoms with van der Waals surface area (Å²) in [6.45, 7) is 6.58. The summed E-state index contributed by atoms with van der Waals surface area (Å²) in [4.78, 5) is 14.9. The highest BCUT2D eigenvalue weighted by Gasteiger charge is 2.25. The molecule has 1 aromatic carbocycles. The number of para-hydroxylation sites is 1. The first-order valence-corrected chi connectivity index (χ1v) is 10.8. The Balaban J connectivity index is 1.43. The SMILES string of the molecule is CCc1noc(C)c1C(=O)NCCN1Cc2ccccc2OC(c2ccsc2)C1. The number of aromatic nitrogens is 1. The number of fused-ring (bicyclic) bond motifs is 1. The van der Waals surface area contributed by atoms with E-state index >= 15 is 0 Å². The van der Waals surface area contributed by atoms with Gasteiger partial charge in [-0.2, -0.15) is 11.3 Å². The molecule has 3 aromatic rings. The Morgan fingerprint density at radius 3 is 3.00 bits per heavy atom. The van der Waals surface area contributed by atoms with Crippen molar-refractivity contribution in [3.8, 4) is 5.75 Å². The van der Waals surface area contributed by atoms with Gasteiger partial charge in [0.25, 0.3) is 5.91 Å². The molecule has 3 heterocycles. The molecule has 6 nitrogen and oxygen atoms in total. The number of ether oxygens (including phenoxy) is 1. The number of nitrogens with zero attached hydrogens (tertiary/aromatic N) is 2. The lowest BCUT2D eigenvalue weighted by Crippen LogP contribution is -2.36. The van der Waals surface area contributed by atoms with Crippen LogP contribution in [0.1, 0.15) is 46.0 Å². The van der Waals surface area contributed by atoms with E-state index in [4.69, 9.17) is 9.26 Å². The number of nitrogens with one attached hydrogen (secondary N) is 1. The van der Waals surface area contributed by atoms with Gasteiger partial charge in [-0.15, -0.1) is 0 Å². The lowest BCUT2D eigenvalue weighted by molar-refractivity contribution is 0.0941. The van der Waals surface area contributed by atoms with Crippen molar-refractivity contribution >= 4 is 17.2 Å². The van der Waals surface area contributed by atoms with E-state index in [1.807, 2.05) is 25.1 Å². The summed E-state index contributed by atoms with van der Waals surface area (Å²) in [6.07, 6.45) is 0.649. The zero-order valence-corrected chi connectivity index (χ0v) is 17.5. The fourth-order valence-corrected chi connectivity index (χ4v) is 4.35. The van der Waals surface area contributed by atoms with Gasteiger partial charge >= 0.3 is 0 Å². The Bertz CT molecular complexity index is 968. The number of hydrogen-bond acceptors (Lipinski definition) is 6. The second-order valence-corrected chi connectivity index (χ2v) is 7.96. The third kappa shape index (κ3) is 4.36. The number of carbonyl (C=O) groups excluding carboxylic acids is 1. The van der Waals surface area contributed by atoms with Gasteiger partial charge in [-0.1, -0.05) is 30.3 Å². The van der Waals surface area contributed by atoms with E-state index in [0.29, 0.717) is 30.0 Å². The summed E-state index contributed by atoms with van der Waals surface area (Å²) in [6, 6.07) is 10.3. The van der Waals surface area contributed by atoms with Crippen molar-refractivity contribution in [2.24, 2.45) is 0 Å². The van der Waals surface area contributed by atoms with Gasteiger partial charge in [0.15, 0.2) is 0 Å². The normalized spacial score (nSPS) is 16.7. The van der Waals surface area contributed by atoms with Crippen LogP contribution in [0.4, 0.5) is 0 Å². The molecule has 0 saturated heterocycles. The van der Waals surface area contributed by atoms with Crippen LogP contribution in [-0.2, 0) is 13.0 Å². The minimum absolute atomic E-state index is 0.0207. The smallest absolute Gasteiger partial charge is 0.256 e. The number of aryl methyl sites for hydroxylation is 2. The molecule has 0 fully saturated rings. The van der Waals surface area contributed by atoms with E-state index in [2.05, 4.69) is 38.3 Å². The summed E-state index contributed by atoms with van der Waals surface area (Å²) in [5, 5.41) is 11.2. The van der Waals surface area contributed by atoms with Gasteiger partial charge in [-0.05, 0) is 36.2 Å². The summed E-state index contributed by atoms with van der Waals surface area (Å²) >= 11 is 1.68. The first kappa shape index (κ1) is 19.7. The van der Waals surface area contributed by atoms with Gasteiger partial charge in [-0.25, -0.2) is 0 Å². The minimum Gasteiger partial charge on any atom is -0.484 e. The summed E-state index contributed by atoms with van der Waals surface area (Å²) in [5.41, 5.74) is 3.62. The molecule has 0 aliphatic carbocycles. The van der Waals surface area contributed by atoms with Crippen LogP contribution >= 0.6 is 11.3 Å². The molecule has 1 N–H and O–H groups in total. The molecule has 152 valence electrons. The van der Waals surface area contributed by atoms with Crippen LogP contribution in [0.3, 0.4) is 0 Å². The van der Waals surface area contributed by atoms with Crippen molar-refractivity contribution in [3.05, 3.63) is 69.2 Å². The van der Waals surface area contributed by atoms with Crippen molar-refractivity contribution in [3.63, 3.8) is 0 Å². The maximum absolute atomic E-state index is 12.6. The van der Waals surface area contributed by atoms with Crippen LogP contribution in [0.5, 0.6) is 5.75 Å². The molecule has 0 spiro atoms. The van der Waals surface area contributed by atoms with E-state index in [1.54, 1.807) is 18.3 Å². The largest absolute Gasteiger partial charge is 0.484 e. The fourth-order valence-electron chi connectivity index (χ4n) is 3.65. The topological polar surface area (TPSA) is 67.6 Å². The minimum atomic E-state index is -0.124. The average Bonchev–Trinajstić information content (AvgIpc) is 3.34. The predicted molar refractivity (Wildman–Crippen MR) is 112 cm³/mol. The van der Waals surface area contributed by atoms with E-state index in [0.717, 1.165) is 25.4 Å². The molecule has 1 unspecified atom stereocenters. The van der Waals surface area contributed by atoms with Crippen molar-refractivity contribution in [2.45, 2.75) is 32.9 Å². The highest BCUT2D eigenvalue weighted by atomic mass is 32.1. The number of carbonyl (C=O) groups is 1. The Morgan fingerprint density at radius 2 is 2.21 bits per heavy atom. The molecule has 1 aliphatic heterocycles. The molecule has 0 radical (unpaired) electrons. The molecule has 1 aliphatic rings. The molecule has 7 heteroatoms. The van der Waals surface area contributed by atoms with Gasteiger partial charge in [0, 0.05) is 37.3 Å². The molecule has 2 aromatic heterocycles. The van der Waals surface area contributed by atoms with Crippen molar-refractivity contribution in [1.82, 2.24) is 15.4 Å². The summed E-state index contributed by atoms with van der Waals surface area (Å²) in [5.74, 6) is 1.37. The lowest BCUT2D eigenvalue weighted by atomic mass is 10.1. The highest BCUT2D eigenvalue weighted by Crippen LogP contribution is 2.31. The van der Waals surface area contributed by atoms with E-state index in [9.17, 15) is 4.79 Å². The standard InChI is InChI=1S/C22H25N3O3S/c1-3-18-21(15(2)28-24-18)22(26)23-9-10-25-12-16-6-4-5-7-19(16)27-20(13-25)17-8-11-29-14-17/h4-8,11,14,20H,3,9-10,12-13H2,1-2H3,(H,23,26). The Morgan fingerprint density at radius 1 is 1.34 bits per heavy atom. The zero-order chi connectivity index (χ0) is 20.2. The molecule has 1 amide bonds. The quantitative estimate of drug-likeness (QED) is 0.665. The molecule has 29 heavy (non-hydrogen) atoms. The van der Waals surface area contributed by atoms with Gasteiger partial charge in [-0.3, -0.25) is 9.69 Å². The first-order valence-electron chi connectivity index (χ1n) is 9.88. The molecule has 1 atom stereocenters. The molecule has 0 saturated carbocycles. The van der Waals surface area contributed by atoms with Crippen molar-refractivity contribution < 1.29 is 14.1 Å². The van der Waals surface area contributed by atoms with Crippen molar-refractivity contribution in [1.29, 1.82) is 0 Å². The monoisotopic (exact) mass is 411 g/mol. The molecule has 0 bridgehead atoms. The van der Waals surface area contributed by atoms with E-state index in [-0.39, 0.29) is 12.0 Å². The molecular formula is C22H25N3O3S. The van der Waals surface area contributed by atoms with Gasteiger partial charge < -0.3 is 14.6 Å². The van der Waals surface area contributed by atoms with Crippen LogP contribution < -0.4 is 10.1 Å². The third-order valence-corrected chi connectivity index (χ3v) is 5.89. The lowest BCUT2D eigenvalue weighted by Gasteiger charge is -2.23. The summed E-state index contributed by atoms with van der Waals surface area (Å²) in [7, 11) is 0. The number of thiophene rings is 1.